The Balaban J connectivity index is 1.62. The van der Waals surface area contributed by atoms with Crippen LogP contribution in [0.5, 0.6) is 0 Å². The van der Waals surface area contributed by atoms with Gasteiger partial charge in [-0.05, 0) is 40.0 Å². The van der Waals surface area contributed by atoms with Gasteiger partial charge in [0, 0.05) is 34.9 Å². The van der Waals surface area contributed by atoms with Gasteiger partial charge in [0.25, 0.3) is 5.91 Å². The molecule has 1 aromatic carbocycles. The van der Waals surface area contributed by atoms with E-state index < -0.39 is 0 Å². The number of aromatic nitrogens is 3. The Labute approximate surface area is 159 Å². The maximum absolute atomic E-state index is 12.5. The zero-order valence-electron chi connectivity index (χ0n) is 14.5. The summed E-state index contributed by atoms with van der Waals surface area (Å²) in [6, 6.07) is 7.55. The number of rotatable bonds is 3. The summed E-state index contributed by atoms with van der Waals surface area (Å²) in [5.74, 6) is 0.800. The van der Waals surface area contributed by atoms with Gasteiger partial charge in [0.15, 0.2) is 5.65 Å². The van der Waals surface area contributed by atoms with Crippen molar-refractivity contribution in [2.45, 2.75) is 13.3 Å². The minimum Gasteiger partial charge on any atom is -0.378 e. The summed E-state index contributed by atoms with van der Waals surface area (Å²) in [5, 5.41) is 0. The third kappa shape index (κ3) is 3.12. The number of ether oxygens (including phenoxy) is 1. The number of nitrogens with one attached hydrogen (secondary N) is 1. The molecule has 1 fully saturated rings. The molecule has 4 rings (SSSR count). The third-order valence-electron chi connectivity index (χ3n) is 4.63. The Hall–Kier alpha value is -2.25. The number of carbonyl (C=O) groups excluding carboxylic acids is 1. The van der Waals surface area contributed by atoms with Crippen LogP contribution in [0.15, 0.2) is 34.9 Å². The number of aromatic amines is 1. The number of hydrogen-bond acceptors (Lipinski definition) is 4. The number of morpholine rings is 1. The van der Waals surface area contributed by atoms with E-state index in [4.69, 9.17) is 4.74 Å². The van der Waals surface area contributed by atoms with Gasteiger partial charge in [-0.3, -0.25) is 4.79 Å². The molecule has 1 N–H and O–H groups in total. The van der Waals surface area contributed by atoms with Crippen molar-refractivity contribution in [1.29, 1.82) is 0 Å². The van der Waals surface area contributed by atoms with Gasteiger partial charge in [0.05, 0.1) is 18.7 Å². The van der Waals surface area contributed by atoms with Crippen molar-refractivity contribution in [3.05, 3.63) is 46.1 Å². The van der Waals surface area contributed by atoms with Crippen molar-refractivity contribution in [1.82, 2.24) is 19.9 Å². The van der Waals surface area contributed by atoms with E-state index in [1.165, 1.54) is 0 Å². The first-order valence-corrected chi connectivity index (χ1v) is 9.47. The zero-order valence-corrected chi connectivity index (χ0v) is 16.0. The summed E-state index contributed by atoms with van der Waals surface area (Å²) >= 11 is 3.54. The van der Waals surface area contributed by atoms with Crippen molar-refractivity contribution >= 4 is 33.0 Å². The fourth-order valence-corrected chi connectivity index (χ4v) is 3.77. The van der Waals surface area contributed by atoms with Crippen LogP contribution < -0.4 is 0 Å². The first-order valence-electron chi connectivity index (χ1n) is 8.68. The number of nitrogens with zero attached hydrogens (tertiary/aromatic N) is 3. The molecule has 0 radical (unpaired) electrons. The summed E-state index contributed by atoms with van der Waals surface area (Å²) in [7, 11) is 0. The van der Waals surface area contributed by atoms with Crippen molar-refractivity contribution < 1.29 is 9.53 Å². The molecule has 0 saturated carbocycles. The van der Waals surface area contributed by atoms with E-state index in [0.29, 0.717) is 37.5 Å². The highest BCUT2D eigenvalue weighted by Gasteiger charge is 2.19. The first-order chi connectivity index (χ1) is 12.7. The van der Waals surface area contributed by atoms with Gasteiger partial charge in [0.1, 0.15) is 5.82 Å². The van der Waals surface area contributed by atoms with Crippen molar-refractivity contribution in [2.24, 2.45) is 0 Å². The van der Waals surface area contributed by atoms with Crippen LogP contribution in [0, 0.1) is 0 Å². The van der Waals surface area contributed by atoms with E-state index in [-0.39, 0.29) is 5.91 Å². The molecule has 0 bridgehead atoms. The number of H-pyrrole nitrogens is 1. The number of benzene rings is 1. The normalized spacial score (nSPS) is 14.8. The molecule has 0 aliphatic carbocycles. The fraction of sp³-hybridized carbons (Fsp3) is 0.316. The molecule has 3 aromatic rings. The highest BCUT2D eigenvalue weighted by Crippen LogP contribution is 2.27. The fourth-order valence-electron chi connectivity index (χ4n) is 3.19. The molecule has 6 nitrogen and oxygen atoms in total. The Kier molecular flexibility index (Phi) is 4.74. The number of pyridine rings is 1. The largest absolute Gasteiger partial charge is 0.378 e. The smallest absolute Gasteiger partial charge is 0.254 e. The number of fused-ring (bicyclic) bond motifs is 1. The number of amides is 1. The van der Waals surface area contributed by atoms with Crippen LogP contribution in [0.25, 0.3) is 22.6 Å². The third-order valence-corrected chi connectivity index (χ3v) is 5.32. The van der Waals surface area contributed by atoms with Crippen molar-refractivity contribution in [3.63, 3.8) is 0 Å². The van der Waals surface area contributed by atoms with Crippen molar-refractivity contribution in [2.75, 3.05) is 26.3 Å². The molecule has 1 amide bonds. The topological polar surface area (TPSA) is 71.1 Å². The average Bonchev–Trinajstić information content (AvgIpc) is 3.12. The highest BCUT2D eigenvalue weighted by atomic mass is 79.9. The van der Waals surface area contributed by atoms with E-state index in [0.717, 1.165) is 33.4 Å². The lowest BCUT2D eigenvalue weighted by atomic mass is 10.1. The number of carbonyl (C=O) groups is 1. The maximum atomic E-state index is 12.5. The summed E-state index contributed by atoms with van der Waals surface area (Å²) in [5.41, 5.74) is 4.42. The van der Waals surface area contributed by atoms with Gasteiger partial charge in [0.2, 0.25) is 0 Å². The zero-order chi connectivity index (χ0) is 18.1. The monoisotopic (exact) mass is 414 g/mol. The molecule has 134 valence electrons. The Morgan fingerprint density at radius 1 is 1.27 bits per heavy atom. The molecule has 0 spiro atoms. The van der Waals surface area contributed by atoms with E-state index in [2.05, 4.69) is 37.8 Å². The quantitative estimate of drug-likeness (QED) is 0.712. The minimum atomic E-state index is 0.0447. The molecular weight excluding hydrogens is 396 g/mol. The number of imidazole rings is 1. The lowest BCUT2D eigenvalue weighted by molar-refractivity contribution is 0.0303. The predicted molar refractivity (Wildman–Crippen MR) is 103 cm³/mol. The number of halogens is 1. The second-order valence-corrected chi connectivity index (χ2v) is 7.06. The van der Waals surface area contributed by atoms with Gasteiger partial charge < -0.3 is 14.6 Å². The van der Waals surface area contributed by atoms with Crippen LogP contribution in [0.4, 0.5) is 0 Å². The van der Waals surface area contributed by atoms with Crippen LogP contribution in [-0.4, -0.2) is 52.1 Å². The van der Waals surface area contributed by atoms with E-state index >= 15 is 0 Å². The Bertz CT molecular complexity index is 946. The predicted octanol–water partition coefficient (Wildman–Crippen LogP) is 3.42. The molecule has 0 unspecified atom stereocenters. The molecule has 3 heterocycles. The van der Waals surface area contributed by atoms with Gasteiger partial charge in [-0.2, -0.15) is 0 Å². The summed E-state index contributed by atoms with van der Waals surface area (Å²) in [6.45, 7) is 4.59. The number of aryl methyl sites for hydroxylation is 1. The molecule has 2 aromatic heterocycles. The van der Waals surface area contributed by atoms with Gasteiger partial charge in [-0.1, -0.05) is 19.1 Å². The molecule has 1 aliphatic rings. The SMILES string of the molecule is CCc1c(Br)cnc2nc(-c3ccc(C(=O)N4CCOCC4)cc3)[nH]c12. The molecule has 0 atom stereocenters. The first kappa shape index (κ1) is 17.2. The van der Waals surface area contributed by atoms with Crippen LogP contribution in [0.1, 0.15) is 22.8 Å². The molecule has 26 heavy (non-hydrogen) atoms. The average molecular weight is 415 g/mol. The second-order valence-electron chi connectivity index (χ2n) is 6.20. The Morgan fingerprint density at radius 3 is 2.69 bits per heavy atom. The molecule has 7 heteroatoms. The molecule has 1 saturated heterocycles. The van der Waals surface area contributed by atoms with Gasteiger partial charge in [-0.25, -0.2) is 9.97 Å². The van der Waals surface area contributed by atoms with Crippen LogP contribution in [-0.2, 0) is 11.2 Å². The summed E-state index contributed by atoms with van der Waals surface area (Å²) < 4.78 is 6.28. The molecule has 1 aliphatic heterocycles. The van der Waals surface area contributed by atoms with E-state index in [9.17, 15) is 4.79 Å². The summed E-state index contributed by atoms with van der Waals surface area (Å²) in [4.78, 5) is 26.7. The van der Waals surface area contributed by atoms with Crippen molar-refractivity contribution in [3.8, 4) is 11.4 Å². The minimum absolute atomic E-state index is 0.0447. The van der Waals surface area contributed by atoms with E-state index in [1.807, 2.05) is 29.2 Å². The van der Waals surface area contributed by atoms with E-state index in [1.54, 1.807) is 6.20 Å². The second kappa shape index (κ2) is 7.17. The van der Waals surface area contributed by atoms with Crippen LogP contribution in [0.3, 0.4) is 0 Å². The van der Waals surface area contributed by atoms with Crippen LogP contribution >= 0.6 is 15.9 Å². The Morgan fingerprint density at radius 2 is 2.00 bits per heavy atom. The van der Waals surface area contributed by atoms with Crippen LogP contribution in [0.2, 0.25) is 0 Å². The highest BCUT2D eigenvalue weighted by molar-refractivity contribution is 9.10. The van der Waals surface area contributed by atoms with Gasteiger partial charge >= 0.3 is 0 Å². The lowest BCUT2D eigenvalue weighted by Crippen LogP contribution is -2.40. The lowest BCUT2D eigenvalue weighted by Gasteiger charge is -2.26. The standard InChI is InChI=1S/C19H19BrN4O2/c1-2-14-15(20)11-21-18-16(14)22-17(23-18)12-3-5-13(6-4-12)19(25)24-7-9-26-10-8-24/h3-6,11H,2,7-10H2,1H3,(H,21,22,23). The molecular formula is C19H19BrN4O2. The summed E-state index contributed by atoms with van der Waals surface area (Å²) in [6.07, 6.45) is 2.67. The van der Waals surface area contributed by atoms with Gasteiger partial charge in [-0.15, -0.1) is 0 Å². The number of hydrogen-bond donors (Lipinski definition) is 1. The maximum Gasteiger partial charge on any atom is 0.254 e.